The highest BCUT2D eigenvalue weighted by molar-refractivity contribution is 7.99. The predicted molar refractivity (Wildman–Crippen MR) is 195 cm³/mol. The van der Waals surface area contributed by atoms with Gasteiger partial charge in [-0.05, 0) is 47.3 Å². The number of carbonyl (C=O) groups is 3. The van der Waals surface area contributed by atoms with E-state index >= 15 is 0 Å². The van der Waals surface area contributed by atoms with Crippen LogP contribution in [0.15, 0.2) is 60.9 Å². The molecule has 0 bridgehead atoms. The van der Waals surface area contributed by atoms with Crippen molar-refractivity contribution in [2.24, 2.45) is 11.8 Å². The predicted octanol–water partition coefficient (Wildman–Crippen LogP) is 6.21. The molecule has 14 heteroatoms. The molecule has 6 rings (SSSR count). The molecule has 0 radical (unpaired) electrons. The number of methoxy groups -OCH3 is 2. The first-order chi connectivity index (χ1) is 24.6. The van der Waals surface area contributed by atoms with Gasteiger partial charge < -0.3 is 34.8 Å². The summed E-state index contributed by atoms with van der Waals surface area (Å²) in [5, 5.41) is 12.7. The SMILES string of the molecule is COCC1CC(c2ncc(-c3ccc(-c4ccc(-c5cnc([C@@H]6C[C@H](SC)CN6C(=O)C(NC(=O)OC)C(C)C)[nH]5)cc4)cc3)[nH]2)N(C(=O)O)C1. The topological polar surface area (TPSA) is 166 Å². The summed E-state index contributed by atoms with van der Waals surface area (Å²) in [6.07, 6.45) is 5.44. The van der Waals surface area contributed by atoms with Crippen LogP contribution < -0.4 is 5.32 Å². The zero-order valence-corrected chi connectivity index (χ0v) is 30.3. The molecule has 0 aliphatic carbocycles. The van der Waals surface area contributed by atoms with E-state index in [1.165, 1.54) is 12.0 Å². The van der Waals surface area contributed by atoms with Crippen molar-refractivity contribution in [1.29, 1.82) is 0 Å². The van der Waals surface area contributed by atoms with E-state index in [2.05, 4.69) is 44.5 Å². The van der Waals surface area contributed by atoms with Crippen LogP contribution in [-0.4, -0.2) is 104 Å². The third kappa shape index (κ3) is 7.76. The summed E-state index contributed by atoms with van der Waals surface area (Å²) in [4.78, 5) is 57.0. The third-order valence-corrected chi connectivity index (χ3v) is 10.9. The summed E-state index contributed by atoms with van der Waals surface area (Å²) in [7, 11) is 2.92. The molecule has 2 aromatic heterocycles. The van der Waals surface area contributed by atoms with Gasteiger partial charge >= 0.3 is 12.2 Å². The number of ether oxygens (including phenoxy) is 2. The number of hydrogen-bond donors (Lipinski definition) is 4. The summed E-state index contributed by atoms with van der Waals surface area (Å²) in [6.45, 7) is 5.31. The Morgan fingerprint density at radius 3 is 1.86 bits per heavy atom. The van der Waals surface area contributed by atoms with Crippen molar-refractivity contribution in [2.45, 2.75) is 50.1 Å². The highest BCUT2D eigenvalue weighted by Crippen LogP contribution is 2.38. The number of nitrogens with zero attached hydrogens (tertiary/aromatic N) is 4. The minimum atomic E-state index is -0.956. The molecule has 2 fully saturated rings. The Balaban J connectivity index is 1.14. The maximum absolute atomic E-state index is 13.7. The number of H-pyrrole nitrogens is 2. The molecule has 4 N–H and O–H groups in total. The third-order valence-electron chi connectivity index (χ3n) is 9.85. The number of nitrogens with one attached hydrogen (secondary N) is 3. The van der Waals surface area contributed by atoms with Gasteiger partial charge in [-0.15, -0.1) is 0 Å². The lowest BCUT2D eigenvalue weighted by Crippen LogP contribution is -2.51. The smallest absolute Gasteiger partial charge is 0.407 e. The largest absolute Gasteiger partial charge is 0.465 e. The number of thioether (sulfide) groups is 1. The van der Waals surface area contributed by atoms with Crippen LogP contribution in [0.2, 0.25) is 0 Å². The first-order valence-corrected chi connectivity index (χ1v) is 18.4. The number of benzene rings is 2. The summed E-state index contributed by atoms with van der Waals surface area (Å²) in [6, 6.07) is 15.1. The second kappa shape index (κ2) is 15.6. The fourth-order valence-corrected chi connectivity index (χ4v) is 7.77. The molecular weight excluding hydrogens is 671 g/mol. The monoisotopic (exact) mass is 715 g/mol. The normalized spacial score (nSPS) is 20.9. The molecule has 51 heavy (non-hydrogen) atoms. The van der Waals surface area contributed by atoms with Crippen LogP contribution in [0.4, 0.5) is 9.59 Å². The number of carbonyl (C=O) groups excluding carboxylic acids is 2. The molecule has 3 amide bonds. The van der Waals surface area contributed by atoms with Crippen molar-refractivity contribution < 1.29 is 29.0 Å². The average Bonchev–Trinajstić information content (AvgIpc) is 3.96. The van der Waals surface area contributed by atoms with E-state index in [-0.39, 0.29) is 35.1 Å². The Morgan fingerprint density at radius 2 is 1.39 bits per heavy atom. The molecular formula is C37H45N7O6S. The molecule has 0 saturated carbocycles. The van der Waals surface area contributed by atoms with Crippen molar-refractivity contribution in [3.05, 3.63) is 72.6 Å². The van der Waals surface area contributed by atoms with Crippen LogP contribution >= 0.6 is 11.8 Å². The first-order valence-electron chi connectivity index (χ1n) is 17.1. The van der Waals surface area contributed by atoms with Gasteiger partial charge in [-0.2, -0.15) is 11.8 Å². The van der Waals surface area contributed by atoms with Gasteiger partial charge in [0, 0.05) is 31.4 Å². The second-order valence-electron chi connectivity index (χ2n) is 13.5. The van der Waals surface area contributed by atoms with Gasteiger partial charge in [-0.1, -0.05) is 62.4 Å². The number of likely N-dealkylation sites (tertiary alicyclic amines) is 2. The van der Waals surface area contributed by atoms with E-state index in [0.717, 1.165) is 45.9 Å². The molecule has 5 atom stereocenters. The molecule has 2 aliphatic rings. The number of aromatic amines is 2. The molecule has 4 heterocycles. The number of carboxylic acid groups (broad SMARTS) is 1. The van der Waals surface area contributed by atoms with Crippen molar-refractivity contribution in [1.82, 2.24) is 35.1 Å². The van der Waals surface area contributed by atoms with E-state index in [4.69, 9.17) is 14.5 Å². The number of aromatic nitrogens is 4. The lowest BCUT2D eigenvalue weighted by atomic mass is 10.0. The molecule has 13 nitrogen and oxygen atoms in total. The summed E-state index contributed by atoms with van der Waals surface area (Å²) >= 11 is 1.72. The van der Waals surface area contributed by atoms with E-state index in [1.807, 2.05) is 49.3 Å². The fraction of sp³-hybridized carbons (Fsp3) is 0.432. The van der Waals surface area contributed by atoms with Crippen molar-refractivity contribution in [3.63, 3.8) is 0 Å². The Morgan fingerprint density at radius 1 is 0.863 bits per heavy atom. The maximum Gasteiger partial charge on any atom is 0.407 e. The van der Waals surface area contributed by atoms with Crippen LogP contribution in [0.3, 0.4) is 0 Å². The molecule has 2 aliphatic heterocycles. The van der Waals surface area contributed by atoms with Crippen molar-refractivity contribution in [3.8, 4) is 33.6 Å². The van der Waals surface area contributed by atoms with Gasteiger partial charge in [0.2, 0.25) is 5.91 Å². The van der Waals surface area contributed by atoms with Gasteiger partial charge in [0.05, 0.1) is 49.6 Å². The fourth-order valence-electron chi connectivity index (χ4n) is 7.09. The van der Waals surface area contributed by atoms with Crippen molar-refractivity contribution in [2.75, 3.05) is 40.2 Å². The van der Waals surface area contributed by atoms with Gasteiger partial charge in [0.25, 0.3) is 0 Å². The Bertz CT molecular complexity index is 1830. The zero-order valence-electron chi connectivity index (χ0n) is 29.5. The van der Waals surface area contributed by atoms with E-state index < -0.39 is 18.2 Å². The number of alkyl carbamates (subject to hydrolysis) is 1. The summed E-state index contributed by atoms with van der Waals surface area (Å²) in [5.41, 5.74) is 5.71. The van der Waals surface area contributed by atoms with E-state index in [0.29, 0.717) is 31.9 Å². The average molecular weight is 716 g/mol. The number of amides is 3. The van der Waals surface area contributed by atoms with Gasteiger partial charge in [0.15, 0.2) is 0 Å². The molecule has 2 aromatic carbocycles. The number of imidazole rings is 2. The van der Waals surface area contributed by atoms with Crippen LogP contribution in [-0.2, 0) is 14.3 Å². The molecule has 0 spiro atoms. The molecule has 270 valence electrons. The number of rotatable bonds is 11. The van der Waals surface area contributed by atoms with Crippen LogP contribution in [0.5, 0.6) is 0 Å². The van der Waals surface area contributed by atoms with Gasteiger partial charge in [-0.25, -0.2) is 19.6 Å². The van der Waals surface area contributed by atoms with E-state index in [9.17, 15) is 19.5 Å². The Hall–Kier alpha value is -4.82. The van der Waals surface area contributed by atoms with E-state index in [1.54, 1.807) is 31.3 Å². The molecule has 3 unspecified atom stereocenters. The first kappa shape index (κ1) is 36.0. The standard InChI is InChI=1S/C37H45N7O6S/c1-21(2)32(42-36(46)50-4)35(45)43-19-27(51-5)15-31(43)34-39-17-29(41-34)26-12-8-24(9-13-26)23-6-10-25(11-7-23)28-16-38-33(40-28)30-14-22(20-49-3)18-44(30)37(47)48/h6-13,16-17,21-22,27,30-32H,14-15,18-20H2,1-5H3,(H,38,40)(H,39,41)(H,42,46)(H,47,48)/t22?,27-,30?,31-,32?/m0/s1. The second-order valence-corrected chi connectivity index (χ2v) is 14.6. The minimum Gasteiger partial charge on any atom is -0.465 e. The minimum absolute atomic E-state index is 0.117. The van der Waals surface area contributed by atoms with Crippen LogP contribution in [0, 0.1) is 11.8 Å². The summed E-state index contributed by atoms with van der Waals surface area (Å²) in [5.74, 6) is 1.23. The number of hydrogen-bond acceptors (Lipinski definition) is 8. The van der Waals surface area contributed by atoms with Gasteiger partial charge in [0.1, 0.15) is 17.7 Å². The zero-order chi connectivity index (χ0) is 36.2. The quantitative estimate of drug-likeness (QED) is 0.141. The molecule has 4 aromatic rings. The maximum atomic E-state index is 13.7. The summed E-state index contributed by atoms with van der Waals surface area (Å²) < 4.78 is 10.0. The highest BCUT2D eigenvalue weighted by atomic mass is 32.2. The van der Waals surface area contributed by atoms with Crippen LogP contribution in [0.25, 0.3) is 33.6 Å². The van der Waals surface area contributed by atoms with Crippen LogP contribution in [0.1, 0.15) is 50.4 Å². The lowest BCUT2D eigenvalue weighted by molar-refractivity contribution is -0.135. The molecule has 2 saturated heterocycles. The van der Waals surface area contributed by atoms with Crippen molar-refractivity contribution >= 4 is 29.9 Å². The Labute approximate surface area is 301 Å². The Kier molecular flexibility index (Phi) is 11.0. The van der Waals surface area contributed by atoms with Gasteiger partial charge in [-0.3, -0.25) is 9.69 Å². The highest BCUT2D eigenvalue weighted by Gasteiger charge is 2.41. The lowest BCUT2D eigenvalue weighted by Gasteiger charge is -2.30.